The van der Waals surface area contributed by atoms with Crippen molar-refractivity contribution in [1.29, 1.82) is 5.26 Å². The van der Waals surface area contributed by atoms with Crippen molar-refractivity contribution in [3.63, 3.8) is 0 Å². The summed E-state index contributed by atoms with van der Waals surface area (Å²) in [7, 11) is 0. The maximum atomic E-state index is 12.7. The predicted octanol–water partition coefficient (Wildman–Crippen LogP) is 3.08. The van der Waals surface area contributed by atoms with Crippen LogP contribution in [0.4, 0.5) is 0 Å². The smallest absolute Gasteiger partial charge is 0.230 e. The van der Waals surface area contributed by atoms with Gasteiger partial charge in [0.1, 0.15) is 0 Å². The zero-order valence-corrected chi connectivity index (χ0v) is 11.4. The summed E-state index contributed by atoms with van der Waals surface area (Å²) in [4.78, 5) is 14.6. The van der Waals surface area contributed by atoms with Crippen LogP contribution in [-0.4, -0.2) is 23.4 Å². The third-order valence-corrected chi connectivity index (χ3v) is 3.64. The number of nitrogens with zero attached hydrogens (tertiary/aromatic N) is 2. The van der Waals surface area contributed by atoms with Gasteiger partial charge in [0, 0.05) is 12.6 Å². The number of hydrogen-bond acceptors (Lipinski definition) is 2. The molecule has 3 heteroatoms. The number of hydrogen-bond donors (Lipinski definition) is 0. The second-order valence-corrected chi connectivity index (χ2v) is 5.04. The molecule has 0 spiro atoms. The highest BCUT2D eigenvalue weighted by atomic mass is 16.2. The Kier molecular flexibility index (Phi) is 4.57. The summed E-state index contributed by atoms with van der Waals surface area (Å²) in [5, 5.41) is 8.72. The first-order valence-corrected chi connectivity index (χ1v) is 7.00. The van der Waals surface area contributed by atoms with E-state index >= 15 is 0 Å². The number of nitriles is 1. The number of carbonyl (C=O) groups excluding carboxylic acids is 1. The average molecular weight is 256 g/mol. The van der Waals surface area contributed by atoms with Crippen LogP contribution in [0.25, 0.3) is 0 Å². The molecule has 0 saturated heterocycles. The van der Waals surface area contributed by atoms with Crippen LogP contribution in [0.3, 0.4) is 0 Å². The molecule has 1 aliphatic rings. The zero-order chi connectivity index (χ0) is 13.7. The highest BCUT2D eigenvalue weighted by Crippen LogP contribution is 2.31. The quantitative estimate of drug-likeness (QED) is 0.785. The second kappa shape index (κ2) is 6.38. The lowest BCUT2D eigenvalue weighted by molar-refractivity contribution is -0.133. The summed E-state index contributed by atoms with van der Waals surface area (Å²) >= 11 is 0. The van der Waals surface area contributed by atoms with Crippen molar-refractivity contribution in [3.8, 4) is 6.07 Å². The molecular formula is C16H20N2O. The Hall–Kier alpha value is -1.82. The van der Waals surface area contributed by atoms with Crippen LogP contribution in [0, 0.1) is 11.3 Å². The molecule has 0 aliphatic heterocycles. The molecule has 100 valence electrons. The fraction of sp³-hybridized carbons (Fsp3) is 0.500. The van der Waals surface area contributed by atoms with Crippen LogP contribution in [0.1, 0.15) is 44.1 Å². The Balaban J connectivity index is 2.12. The van der Waals surface area contributed by atoms with Crippen molar-refractivity contribution in [2.75, 3.05) is 6.54 Å². The van der Waals surface area contributed by atoms with Gasteiger partial charge < -0.3 is 4.90 Å². The Bertz CT molecular complexity index is 459. The van der Waals surface area contributed by atoms with E-state index in [-0.39, 0.29) is 11.8 Å². The van der Waals surface area contributed by atoms with Gasteiger partial charge in [0.15, 0.2) is 0 Å². The molecule has 1 atom stereocenters. The topological polar surface area (TPSA) is 44.1 Å². The van der Waals surface area contributed by atoms with Crippen molar-refractivity contribution in [1.82, 2.24) is 4.90 Å². The Morgan fingerprint density at radius 3 is 2.63 bits per heavy atom. The van der Waals surface area contributed by atoms with E-state index in [4.69, 9.17) is 5.26 Å². The molecular weight excluding hydrogens is 236 g/mol. The third kappa shape index (κ3) is 3.35. The molecule has 1 amide bonds. The van der Waals surface area contributed by atoms with Gasteiger partial charge in [-0.1, -0.05) is 37.3 Å². The summed E-state index contributed by atoms with van der Waals surface area (Å²) in [5.74, 6) is 0.118. The van der Waals surface area contributed by atoms with E-state index in [1.165, 1.54) is 0 Å². The molecule has 1 fully saturated rings. The van der Waals surface area contributed by atoms with E-state index in [0.717, 1.165) is 24.8 Å². The Morgan fingerprint density at radius 2 is 2.11 bits per heavy atom. The van der Waals surface area contributed by atoms with Crippen molar-refractivity contribution >= 4 is 5.91 Å². The van der Waals surface area contributed by atoms with Gasteiger partial charge in [-0.05, 0) is 24.8 Å². The lowest BCUT2D eigenvalue weighted by Crippen LogP contribution is -2.37. The number of amides is 1. The standard InChI is InChI=1S/C16H20N2O/c1-2-15(13-7-4-3-5-8-13)16(19)18(12-6-11-17)14-9-10-14/h3-5,7-8,14-15H,2,6,9-10,12H2,1H3. The van der Waals surface area contributed by atoms with Gasteiger partial charge in [0.2, 0.25) is 5.91 Å². The highest BCUT2D eigenvalue weighted by Gasteiger charge is 2.35. The normalized spacial score (nSPS) is 15.6. The summed E-state index contributed by atoms with van der Waals surface area (Å²) < 4.78 is 0. The van der Waals surface area contributed by atoms with Gasteiger partial charge in [-0.25, -0.2) is 0 Å². The Labute approximate surface area is 114 Å². The third-order valence-electron chi connectivity index (χ3n) is 3.64. The van der Waals surface area contributed by atoms with Crippen LogP contribution >= 0.6 is 0 Å². The van der Waals surface area contributed by atoms with E-state index in [9.17, 15) is 4.79 Å². The second-order valence-electron chi connectivity index (χ2n) is 5.04. The van der Waals surface area contributed by atoms with Gasteiger partial charge >= 0.3 is 0 Å². The molecule has 1 saturated carbocycles. The summed E-state index contributed by atoms with van der Waals surface area (Å²) in [6, 6.07) is 12.5. The molecule has 0 aromatic heterocycles. The summed E-state index contributed by atoms with van der Waals surface area (Å²) in [5.41, 5.74) is 1.08. The van der Waals surface area contributed by atoms with E-state index in [0.29, 0.717) is 19.0 Å². The molecule has 0 radical (unpaired) electrons. The maximum Gasteiger partial charge on any atom is 0.230 e. The molecule has 1 unspecified atom stereocenters. The van der Waals surface area contributed by atoms with Crippen LogP contribution in [0.15, 0.2) is 30.3 Å². The molecule has 0 heterocycles. The monoisotopic (exact) mass is 256 g/mol. The van der Waals surface area contributed by atoms with Gasteiger partial charge in [-0.2, -0.15) is 5.26 Å². The van der Waals surface area contributed by atoms with Crippen molar-refractivity contribution in [3.05, 3.63) is 35.9 Å². The SMILES string of the molecule is CCC(C(=O)N(CCC#N)C1CC1)c1ccccc1. The van der Waals surface area contributed by atoms with Crippen LogP contribution in [-0.2, 0) is 4.79 Å². The van der Waals surface area contributed by atoms with Crippen LogP contribution < -0.4 is 0 Å². The maximum absolute atomic E-state index is 12.7. The van der Waals surface area contributed by atoms with Crippen molar-refractivity contribution < 1.29 is 4.79 Å². The van der Waals surface area contributed by atoms with Gasteiger partial charge in [-0.15, -0.1) is 0 Å². The minimum absolute atomic E-state index is 0.0690. The molecule has 19 heavy (non-hydrogen) atoms. The first kappa shape index (κ1) is 13.6. The van der Waals surface area contributed by atoms with Gasteiger partial charge in [0.05, 0.1) is 18.4 Å². The molecule has 2 rings (SSSR count). The largest absolute Gasteiger partial charge is 0.338 e. The molecule has 3 nitrogen and oxygen atoms in total. The molecule has 0 bridgehead atoms. The highest BCUT2D eigenvalue weighted by molar-refractivity contribution is 5.84. The van der Waals surface area contributed by atoms with Crippen molar-refractivity contribution in [2.45, 2.75) is 44.6 Å². The molecule has 1 aliphatic carbocycles. The van der Waals surface area contributed by atoms with Crippen molar-refractivity contribution in [2.24, 2.45) is 0 Å². The minimum atomic E-state index is -0.0690. The van der Waals surface area contributed by atoms with Crippen LogP contribution in [0.2, 0.25) is 0 Å². The van der Waals surface area contributed by atoms with Gasteiger partial charge in [0.25, 0.3) is 0 Å². The minimum Gasteiger partial charge on any atom is -0.338 e. The fourth-order valence-electron chi connectivity index (χ4n) is 2.47. The van der Waals surface area contributed by atoms with E-state index < -0.39 is 0 Å². The van der Waals surface area contributed by atoms with Gasteiger partial charge in [-0.3, -0.25) is 4.79 Å². The first-order chi connectivity index (χ1) is 9.27. The summed E-state index contributed by atoms with van der Waals surface area (Å²) in [6.07, 6.45) is 3.40. The summed E-state index contributed by atoms with van der Waals surface area (Å²) in [6.45, 7) is 2.62. The van der Waals surface area contributed by atoms with E-state index in [1.54, 1.807) is 0 Å². The lowest BCUT2D eigenvalue weighted by Gasteiger charge is -2.26. The predicted molar refractivity (Wildman–Crippen MR) is 74.4 cm³/mol. The molecule has 0 N–H and O–H groups in total. The first-order valence-electron chi connectivity index (χ1n) is 7.00. The number of carbonyl (C=O) groups is 1. The average Bonchev–Trinajstić information content (AvgIpc) is 3.26. The van der Waals surface area contributed by atoms with E-state index in [2.05, 4.69) is 6.07 Å². The Morgan fingerprint density at radius 1 is 1.42 bits per heavy atom. The molecule has 1 aromatic carbocycles. The number of rotatable bonds is 6. The van der Waals surface area contributed by atoms with Crippen LogP contribution in [0.5, 0.6) is 0 Å². The lowest BCUT2D eigenvalue weighted by atomic mass is 9.95. The van der Waals surface area contributed by atoms with E-state index in [1.807, 2.05) is 42.2 Å². The number of benzene rings is 1. The zero-order valence-electron chi connectivity index (χ0n) is 11.4. The molecule has 1 aromatic rings. The fourth-order valence-corrected chi connectivity index (χ4v) is 2.47.